The van der Waals surface area contributed by atoms with Gasteiger partial charge in [-0.05, 0) is 13.3 Å². The average Bonchev–Trinajstić information content (AvgIpc) is 2.65. The Morgan fingerprint density at radius 1 is 1.45 bits per heavy atom. The van der Waals surface area contributed by atoms with Gasteiger partial charge in [0.1, 0.15) is 6.10 Å². The van der Waals surface area contributed by atoms with Crippen LogP contribution in [0, 0.1) is 0 Å². The lowest BCUT2D eigenvalue weighted by atomic mass is 9.99. The zero-order valence-corrected chi connectivity index (χ0v) is 11.3. The number of aliphatic hydroxyl groups is 5. The van der Waals surface area contributed by atoms with E-state index in [4.69, 9.17) is 9.84 Å². The summed E-state index contributed by atoms with van der Waals surface area (Å²) >= 11 is 0. The van der Waals surface area contributed by atoms with Crippen LogP contribution < -0.4 is 0 Å². The summed E-state index contributed by atoms with van der Waals surface area (Å²) in [4.78, 5) is 11.2. The summed E-state index contributed by atoms with van der Waals surface area (Å²) in [7, 11) is 0. The summed E-state index contributed by atoms with van der Waals surface area (Å²) in [5.41, 5.74) is -1.19. The van der Waals surface area contributed by atoms with Crippen molar-refractivity contribution in [1.29, 1.82) is 0 Å². The van der Waals surface area contributed by atoms with Gasteiger partial charge in [0, 0.05) is 6.42 Å². The van der Waals surface area contributed by atoms with Crippen molar-refractivity contribution in [2.75, 3.05) is 6.61 Å². The molecule has 0 saturated carbocycles. The molecule has 0 aromatic carbocycles. The highest BCUT2D eigenvalue weighted by Crippen LogP contribution is 2.27. The molecule has 0 amide bonds. The van der Waals surface area contributed by atoms with Crippen LogP contribution in [-0.2, 0) is 14.3 Å². The Kier molecular flexibility index (Phi) is 5.35. The number of ether oxygens (including phenoxy) is 2. The molecule has 4 atom stereocenters. The Balaban J connectivity index is 2.79. The van der Waals surface area contributed by atoms with Crippen molar-refractivity contribution in [3.8, 4) is 0 Å². The molecule has 1 rings (SSSR count). The van der Waals surface area contributed by atoms with E-state index in [-0.39, 0.29) is 6.42 Å². The van der Waals surface area contributed by atoms with E-state index >= 15 is 0 Å². The lowest BCUT2D eigenvalue weighted by Gasteiger charge is -2.26. The molecule has 2 unspecified atom stereocenters. The molecule has 5 N–H and O–H groups in total. The van der Waals surface area contributed by atoms with E-state index < -0.39 is 48.2 Å². The molecule has 0 bridgehead atoms. The Bertz CT molecular complexity index is 389. The lowest BCUT2D eigenvalue weighted by molar-refractivity contribution is -0.153. The van der Waals surface area contributed by atoms with Crippen LogP contribution in [0.4, 0.5) is 0 Å². The van der Waals surface area contributed by atoms with E-state index in [9.17, 15) is 25.2 Å². The molecule has 8 nitrogen and oxygen atoms in total. The maximum Gasteiger partial charge on any atom is 0.378 e. The van der Waals surface area contributed by atoms with Gasteiger partial charge in [-0.3, -0.25) is 0 Å². The minimum Gasteiger partial charge on any atom is -0.499 e. The third-order valence-corrected chi connectivity index (χ3v) is 3.09. The molecule has 0 aliphatic carbocycles. The van der Waals surface area contributed by atoms with Gasteiger partial charge >= 0.3 is 5.97 Å². The van der Waals surface area contributed by atoms with E-state index in [2.05, 4.69) is 4.74 Å². The third-order valence-electron chi connectivity index (χ3n) is 3.09. The highest BCUT2D eigenvalue weighted by molar-refractivity contribution is 5.89. The quantitative estimate of drug-likeness (QED) is 0.295. The summed E-state index contributed by atoms with van der Waals surface area (Å²) in [5.74, 6) is -2.46. The molecule has 0 saturated heterocycles. The van der Waals surface area contributed by atoms with E-state index in [1.54, 1.807) is 6.92 Å². The predicted molar refractivity (Wildman–Crippen MR) is 65.3 cm³/mol. The average molecular weight is 292 g/mol. The Morgan fingerprint density at radius 2 is 2.05 bits per heavy atom. The van der Waals surface area contributed by atoms with E-state index in [1.165, 1.54) is 6.92 Å². The molecule has 1 aliphatic rings. The maximum absolute atomic E-state index is 11.2. The second kappa shape index (κ2) is 6.40. The topological polar surface area (TPSA) is 137 Å². The van der Waals surface area contributed by atoms with Crippen molar-refractivity contribution < 1.29 is 39.8 Å². The Labute approximate surface area is 115 Å². The van der Waals surface area contributed by atoms with Crippen LogP contribution in [0.5, 0.6) is 0 Å². The smallest absolute Gasteiger partial charge is 0.378 e. The minimum atomic E-state index is -1.51. The molecular formula is C12H20O8. The van der Waals surface area contributed by atoms with Gasteiger partial charge in [0.25, 0.3) is 0 Å². The molecule has 0 fully saturated rings. The Morgan fingerprint density at radius 3 is 2.55 bits per heavy atom. The number of aliphatic hydroxyl groups excluding tert-OH is 4. The summed E-state index contributed by atoms with van der Waals surface area (Å²) in [5, 5.41) is 47.3. The van der Waals surface area contributed by atoms with Crippen LogP contribution in [0.25, 0.3) is 0 Å². The monoisotopic (exact) mass is 292 g/mol. The van der Waals surface area contributed by atoms with Crippen molar-refractivity contribution in [2.24, 2.45) is 0 Å². The number of hydrogen-bond acceptors (Lipinski definition) is 8. The summed E-state index contributed by atoms with van der Waals surface area (Å²) in [6.07, 6.45) is -4.20. The molecule has 1 heterocycles. The molecule has 1 aliphatic heterocycles. The van der Waals surface area contributed by atoms with Gasteiger partial charge in [-0.15, -0.1) is 0 Å². The van der Waals surface area contributed by atoms with Gasteiger partial charge in [-0.25, -0.2) is 4.79 Å². The zero-order chi connectivity index (χ0) is 15.5. The SMILES string of the molecule is CCC(C)(O)CC(O)OC1=C(O)C(=O)O[C@@H]1[C@@H](O)CO. The number of rotatable bonds is 7. The van der Waals surface area contributed by atoms with Gasteiger partial charge in [0.2, 0.25) is 5.76 Å². The zero-order valence-electron chi connectivity index (χ0n) is 11.3. The molecule has 116 valence electrons. The van der Waals surface area contributed by atoms with Gasteiger partial charge in [0.15, 0.2) is 18.2 Å². The van der Waals surface area contributed by atoms with Crippen LogP contribution >= 0.6 is 0 Å². The van der Waals surface area contributed by atoms with Crippen molar-refractivity contribution in [3.63, 3.8) is 0 Å². The number of carbonyl (C=O) groups excluding carboxylic acids is 1. The molecule has 20 heavy (non-hydrogen) atoms. The first-order chi connectivity index (χ1) is 9.21. The number of carbonyl (C=O) groups is 1. The number of hydrogen-bond donors (Lipinski definition) is 5. The Hall–Kier alpha value is -1.35. The summed E-state index contributed by atoms with van der Waals surface area (Å²) in [6.45, 7) is 2.48. The largest absolute Gasteiger partial charge is 0.499 e. The fourth-order valence-electron chi connectivity index (χ4n) is 1.64. The summed E-state index contributed by atoms with van der Waals surface area (Å²) < 4.78 is 9.60. The van der Waals surface area contributed by atoms with Gasteiger partial charge < -0.3 is 35.0 Å². The lowest BCUT2D eigenvalue weighted by Crippen LogP contribution is -2.35. The highest BCUT2D eigenvalue weighted by Gasteiger charge is 2.42. The first kappa shape index (κ1) is 16.7. The van der Waals surface area contributed by atoms with E-state index in [0.29, 0.717) is 6.42 Å². The van der Waals surface area contributed by atoms with Crippen LogP contribution in [-0.4, -0.2) is 62.2 Å². The van der Waals surface area contributed by atoms with Crippen LogP contribution in [0.15, 0.2) is 11.5 Å². The molecular weight excluding hydrogens is 272 g/mol. The fourth-order valence-corrected chi connectivity index (χ4v) is 1.64. The highest BCUT2D eigenvalue weighted by atomic mass is 16.6. The fraction of sp³-hybridized carbons (Fsp3) is 0.750. The van der Waals surface area contributed by atoms with Gasteiger partial charge in [-0.1, -0.05) is 6.92 Å². The standard InChI is InChI=1S/C12H20O8/c1-3-12(2,18)4-7(15)19-10-8(16)11(17)20-9(10)6(14)5-13/h6-7,9,13-16,18H,3-5H2,1-2H3/t6-,7?,9+,12?/m0/s1. The molecule has 0 aromatic heterocycles. The summed E-state index contributed by atoms with van der Waals surface area (Å²) in [6, 6.07) is 0. The van der Waals surface area contributed by atoms with Crippen molar-refractivity contribution in [1.82, 2.24) is 0 Å². The van der Waals surface area contributed by atoms with Gasteiger partial charge in [-0.2, -0.15) is 0 Å². The van der Waals surface area contributed by atoms with Gasteiger partial charge in [0.05, 0.1) is 12.2 Å². The van der Waals surface area contributed by atoms with E-state index in [1.807, 2.05) is 0 Å². The molecule has 0 aromatic rings. The molecule has 8 heteroatoms. The second-order valence-electron chi connectivity index (χ2n) is 4.92. The first-order valence-electron chi connectivity index (χ1n) is 6.22. The normalized spacial score (nSPS) is 25.1. The minimum absolute atomic E-state index is 0.170. The second-order valence-corrected chi connectivity index (χ2v) is 4.92. The van der Waals surface area contributed by atoms with E-state index in [0.717, 1.165) is 0 Å². The van der Waals surface area contributed by atoms with Crippen LogP contribution in [0.3, 0.4) is 0 Å². The first-order valence-corrected chi connectivity index (χ1v) is 6.22. The van der Waals surface area contributed by atoms with Crippen LogP contribution in [0.2, 0.25) is 0 Å². The molecule has 0 spiro atoms. The van der Waals surface area contributed by atoms with Crippen molar-refractivity contribution in [3.05, 3.63) is 11.5 Å². The maximum atomic E-state index is 11.2. The molecule has 0 radical (unpaired) electrons. The number of esters is 1. The van der Waals surface area contributed by atoms with Crippen molar-refractivity contribution in [2.45, 2.75) is 50.8 Å². The predicted octanol–water partition coefficient (Wildman–Crippen LogP) is -1.08. The van der Waals surface area contributed by atoms with Crippen LogP contribution in [0.1, 0.15) is 26.7 Å². The van der Waals surface area contributed by atoms with Crippen molar-refractivity contribution >= 4 is 5.97 Å². The number of cyclic esters (lactones) is 1. The third kappa shape index (κ3) is 3.83.